The van der Waals surface area contributed by atoms with Gasteiger partial charge in [0.15, 0.2) is 0 Å². The zero-order valence-corrected chi connectivity index (χ0v) is 10.6. The molecule has 0 bridgehead atoms. The second-order valence-electron chi connectivity index (χ2n) is 3.61. The van der Waals surface area contributed by atoms with E-state index in [0.717, 1.165) is 11.6 Å². The van der Waals surface area contributed by atoms with Crippen LogP contribution in [-0.4, -0.2) is 22.7 Å². The van der Waals surface area contributed by atoms with Crippen LogP contribution in [0.25, 0.3) is 10.6 Å². The lowest BCUT2D eigenvalue weighted by Crippen LogP contribution is -2.28. The van der Waals surface area contributed by atoms with E-state index in [1.165, 1.54) is 10.4 Å². The molecule has 0 saturated carbocycles. The first kappa shape index (κ1) is 11.7. The standard InChI is InChI=1S/C11H14N2OS2/c1-8(6-14)12-4-10-5-13-11(16-10)9-2-3-15-7-9/h2-3,5,7-8,12,14H,4,6H2,1H3/t8-/m1/s1. The van der Waals surface area contributed by atoms with Crippen molar-refractivity contribution in [1.29, 1.82) is 0 Å². The van der Waals surface area contributed by atoms with Crippen molar-refractivity contribution in [2.75, 3.05) is 6.61 Å². The molecule has 0 unspecified atom stereocenters. The Bertz CT molecular complexity index is 425. The van der Waals surface area contributed by atoms with Crippen LogP contribution in [0.2, 0.25) is 0 Å². The minimum atomic E-state index is 0.131. The van der Waals surface area contributed by atoms with Crippen LogP contribution in [0.3, 0.4) is 0 Å². The largest absolute Gasteiger partial charge is 0.395 e. The highest BCUT2D eigenvalue weighted by Crippen LogP contribution is 2.26. The van der Waals surface area contributed by atoms with E-state index in [4.69, 9.17) is 5.11 Å². The van der Waals surface area contributed by atoms with Gasteiger partial charge >= 0.3 is 0 Å². The summed E-state index contributed by atoms with van der Waals surface area (Å²) in [6.07, 6.45) is 1.90. The average Bonchev–Trinajstić information content (AvgIpc) is 2.95. The van der Waals surface area contributed by atoms with E-state index >= 15 is 0 Å². The van der Waals surface area contributed by atoms with Gasteiger partial charge in [-0.2, -0.15) is 11.3 Å². The number of hydrogen-bond acceptors (Lipinski definition) is 5. The molecular formula is C11H14N2OS2. The summed E-state index contributed by atoms with van der Waals surface area (Å²) < 4.78 is 0. The number of thiophene rings is 1. The first-order valence-corrected chi connectivity index (χ1v) is 6.87. The zero-order valence-electron chi connectivity index (χ0n) is 9.01. The molecule has 0 radical (unpaired) electrons. The van der Waals surface area contributed by atoms with E-state index in [1.54, 1.807) is 22.7 Å². The Morgan fingerprint density at radius 2 is 2.44 bits per heavy atom. The Hall–Kier alpha value is -0.750. The van der Waals surface area contributed by atoms with Crippen molar-refractivity contribution in [2.24, 2.45) is 0 Å². The minimum Gasteiger partial charge on any atom is -0.395 e. The third-order valence-electron chi connectivity index (χ3n) is 2.22. The molecule has 86 valence electrons. The third kappa shape index (κ3) is 2.89. The van der Waals surface area contributed by atoms with Gasteiger partial charge in [-0.3, -0.25) is 0 Å². The Morgan fingerprint density at radius 3 is 3.12 bits per heavy atom. The monoisotopic (exact) mass is 254 g/mol. The van der Waals surface area contributed by atoms with Crippen molar-refractivity contribution in [2.45, 2.75) is 19.5 Å². The van der Waals surface area contributed by atoms with E-state index in [0.29, 0.717) is 0 Å². The van der Waals surface area contributed by atoms with Crippen LogP contribution in [-0.2, 0) is 6.54 Å². The Labute approximate surface area is 103 Å². The molecule has 0 saturated heterocycles. The lowest BCUT2D eigenvalue weighted by molar-refractivity contribution is 0.251. The summed E-state index contributed by atoms with van der Waals surface area (Å²) in [5.41, 5.74) is 1.19. The fourth-order valence-electron chi connectivity index (χ4n) is 1.25. The van der Waals surface area contributed by atoms with Gasteiger partial charge in [0.1, 0.15) is 5.01 Å². The number of rotatable bonds is 5. The highest BCUT2D eigenvalue weighted by Gasteiger charge is 2.06. The van der Waals surface area contributed by atoms with Crippen LogP contribution < -0.4 is 5.32 Å². The first-order valence-electron chi connectivity index (χ1n) is 5.11. The number of thiazole rings is 1. The molecule has 1 atom stereocenters. The number of nitrogens with zero attached hydrogens (tertiary/aromatic N) is 1. The summed E-state index contributed by atoms with van der Waals surface area (Å²) in [6.45, 7) is 2.89. The van der Waals surface area contributed by atoms with Crippen LogP contribution in [0.5, 0.6) is 0 Å². The maximum absolute atomic E-state index is 8.89. The van der Waals surface area contributed by atoms with Gasteiger partial charge in [-0.15, -0.1) is 11.3 Å². The van der Waals surface area contributed by atoms with Crippen LogP contribution in [0, 0.1) is 0 Å². The molecule has 2 heterocycles. The molecule has 0 fully saturated rings. The van der Waals surface area contributed by atoms with Gasteiger partial charge in [0.05, 0.1) is 6.61 Å². The van der Waals surface area contributed by atoms with Gasteiger partial charge in [-0.1, -0.05) is 0 Å². The molecule has 0 aromatic carbocycles. The van der Waals surface area contributed by atoms with Crippen molar-refractivity contribution < 1.29 is 5.11 Å². The van der Waals surface area contributed by atoms with Crippen molar-refractivity contribution >= 4 is 22.7 Å². The fourth-order valence-corrected chi connectivity index (χ4v) is 2.82. The quantitative estimate of drug-likeness (QED) is 0.861. The van der Waals surface area contributed by atoms with Crippen LogP contribution in [0.1, 0.15) is 11.8 Å². The topological polar surface area (TPSA) is 45.1 Å². The molecule has 2 aromatic rings. The molecule has 0 aliphatic heterocycles. The summed E-state index contributed by atoms with van der Waals surface area (Å²) in [4.78, 5) is 5.58. The maximum atomic E-state index is 8.89. The first-order chi connectivity index (χ1) is 7.79. The van der Waals surface area contributed by atoms with Gasteiger partial charge in [-0.25, -0.2) is 4.98 Å². The SMILES string of the molecule is C[C@H](CO)NCc1cnc(-c2ccsc2)s1. The lowest BCUT2D eigenvalue weighted by Gasteiger charge is -2.08. The summed E-state index contributed by atoms with van der Waals surface area (Å²) >= 11 is 3.38. The number of aromatic nitrogens is 1. The van der Waals surface area contributed by atoms with Crippen LogP contribution in [0.4, 0.5) is 0 Å². The summed E-state index contributed by atoms with van der Waals surface area (Å²) in [7, 11) is 0. The molecule has 3 nitrogen and oxygen atoms in total. The molecule has 0 aliphatic carbocycles. The van der Waals surface area contributed by atoms with E-state index in [2.05, 4.69) is 27.1 Å². The molecule has 0 spiro atoms. The average molecular weight is 254 g/mol. The van der Waals surface area contributed by atoms with E-state index < -0.39 is 0 Å². The molecular weight excluding hydrogens is 240 g/mol. The van der Waals surface area contributed by atoms with Gasteiger partial charge in [0, 0.05) is 34.6 Å². The summed E-state index contributed by atoms with van der Waals surface area (Å²) in [5.74, 6) is 0. The van der Waals surface area contributed by atoms with E-state index in [-0.39, 0.29) is 12.6 Å². The van der Waals surface area contributed by atoms with Crippen LogP contribution >= 0.6 is 22.7 Å². The van der Waals surface area contributed by atoms with Gasteiger partial charge in [-0.05, 0) is 18.4 Å². The van der Waals surface area contributed by atoms with Crippen molar-refractivity contribution in [1.82, 2.24) is 10.3 Å². The molecule has 2 rings (SSSR count). The molecule has 2 N–H and O–H groups in total. The second-order valence-corrected chi connectivity index (χ2v) is 5.50. The van der Waals surface area contributed by atoms with E-state index in [9.17, 15) is 0 Å². The second kappa shape index (κ2) is 5.54. The van der Waals surface area contributed by atoms with Crippen molar-refractivity contribution in [3.8, 4) is 10.6 Å². The van der Waals surface area contributed by atoms with Crippen molar-refractivity contribution in [3.63, 3.8) is 0 Å². The highest BCUT2D eigenvalue weighted by molar-refractivity contribution is 7.15. The Balaban J connectivity index is 1.98. The van der Waals surface area contributed by atoms with E-state index in [1.807, 2.05) is 13.1 Å². The Morgan fingerprint density at radius 1 is 1.56 bits per heavy atom. The normalized spacial score (nSPS) is 12.9. The number of aliphatic hydroxyl groups excluding tert-OH is 1. The molecule has 0 amide bonds. The van der Waals surface area contributed by atoms with Gasteiger partial charge in [0.2, 0.25) is 0 Å². The summed E-state index contributed by atoms with van der Waals surface area (Å²) in [5, 5.41) is 17.4. The minimum absolute atomic E-state index is 0.131. The number of hydrogen-bond donors (Lipinski definition) is 2. The number of aliphatic hydroxyl groups is 1. The number of nitrogens with one attached hydrogen (secondary N) is 1. The maximum Gasteiger partial charge on any atom is 0.124 e. The van der Waals surface area contributed by atoms with Gasteiger partial charge < -0.3 is 10.4 Å². The molecule has 0 aliphatic rings. The summed E-state index contributed by atoms with van der Waals surface area (Å²) in [6, 6.07) is 2.21. The smallest absolute Gasteiger partial charge is 0.124 e. The highest BCUT2D eigenvalue weighted by atomic mass is 32.1. The molecule has 5 heteroatoms. The predicted octanol–water partition coefficient (Wildman–Crippen LogP) is 2.34. The molecule has 2 aromatic heterocycles. The Kier molecular flexibility index (Phi) is 4.06. The van der Waals surface area contributed by atoms with Gasteiger partial charge in [0.25, 0.3) is 0 Å². The molecule has 16 heavy (non-hydrogen) atoms. The predicted molar refractivity (Wildman–Crippen MR) is 68.8 cm³/mol. The lowest BCUT2D eigenvalue weighted by atomic mass is 10.3. The fraction of sp³-hybridized carbons (Fsp3) is 0.364. The van der Waals surface area contributed by atoms with Crippen molar-refractivity contribution in [3.05, 3.63) is 27.9 Å². The van der Waals surface area contributed by atoms with Crippen LogP contribution in [0.15, 0.2) is 23.0 Å². The zero-order chi connectivity index (χ0) is 11.4. The third-order valence-corrected chi connectivity index (χ3v) is 3.95.